The van der Waals surface area contributed by atoms with Gasteiger partial charge in [0.1, 0.15) is 5.75 Å². The number of benzene rings is 2. The highest BCUT2D eigenvalue weighted by atomic mass is 16.5. The molecule has 136 valence electrons. The van der Waals surface area contributed by atoms with E-state index in [1.165, 1.54) is 62.8 Å². The first-order chi connectivity index (χ1) is 12.4. The van der Waals surface area contributed by atoms with Crippen LogP contribution in [-0.4, -0.2) is 36.2 Å². The van der Waals surface area contributed by atoms with E-state index in [-0.39, 0.29) is 28.6 Å². The number of hydrazine groups is 1. The number of amides is 2. The molecule has 0 aliphatic heterocycles. The van der Waals surface area contributed by atoms with Crippen molar-refractivity contribution in [2.45, 2.75) is 0 Å². The van der Waals surface area contributed by atoms with E-state index >= 15 is 0 Å². The van der Waals surface area contributed by atoms with Gasteiger partial charge in [-0.15, -0.1) is 0 Å². The first-order valence-electron chi connectivity index (χ1n) is 7.47. The molecule has 0 aliphatic rings. The molecule has 0 spiro atoms. The van der Waals surface area contributed by atoms with Crippen LogP contribution in [0, 0.1) is 0 Å². The molecule has 0 fully saturated rings. The minimum Gasteiger partial charge on any atom is -0.508 e. The van der Waals surface area contributed by atoms with Gasteiger partial charge in [0.2, 0.25) is 5.75 Å². The van der Waals surface area contributed by atoms with Crippen LogP contribution in [-0.2, 0) is 4.79 Å². The summed E-state index contributed by atoms with van der Waals surface area (Å²) < 4.78 is 10.1. The minimum atomic E-state index is -0.567. The van der Waals surface area contributed by atoms with E-state index in [1.807, 2.05) is 0 Å². The molecule has 2 rings (SSSR count). The van der Waals surface area contributed by atoms with Gasteiger partial charge in [-0.3, -0.25) is 20.4 Å². The van der Waals surface area contributed by atoms with Crippen LogP contribution in [0.15, 0.2) is 42.5 Å². The number of phenolic OH excluding ortho intramolecular Hbond substituents is 2. The van der Waals surface area contributed by atoms with Gasteiger partial charge in [0.05, 0.1) is 14.2 Å². The number of hydrogen-bond acceptors (Lipinski definition) is 6. The van der Waals surface area contributed by atoms with Crippen LogP contribution in [0.1, 0.15) is 15.9 Å². The van der Waals surface area contributed by atoms with Crippen LogP contribution in [0.5, 0.6) is 23.0 Å². The smallest absolute Gasteiger partial charge is 0.269 e. The Kier molecular flexibility index (Phi) is 6.05. The molecule has 0 bridgehead atoms. The van der Waals surface area contributed by atoms with E-state index < -0.39 is 11.8 Å². The van der Waals surface area contributed by atoms with Gasteiger partial charge in [0.15, 0.2) is 11.5 Å². The van der Waals surface area contributed by atoms with Crippen molar-refractivity contribution in [3.63, 3.8) is 0 Å². The predicted octanol–water partition coefficient (Wildman–Crippen LogP) is 1.59. The highest BCUT2D eigenvalue weighted by Crippen LogP contribution is 2.37. The van der Waals surface area contributed by atoms with Crippen LogP contribution in [0.4, 0.5) is 0 Å². The zero-order valence-electron chi connectivity index (χ0n) is 14.1. The average molecular weight is 358 g/mol. The standard InChI is InChI=1S/C18H18N2O6/c1-25-14-9-11(10-15(26-2)17(14)23)3-8-16(22)19-20-18(24)12-4-6-13(21)7-5-12/h3-10,21,23H,1-2H3,(H,19,22)(H,20,24)/b8-3+. The lowest BCUT2D eigenvalue weighted by Crippen LogP contribution is -2.40. The molecule has 8 nitrogen and oxygen atoms in total. The Morgan fingerprint density at radius 2 is 1.54 bits per heavy atom. The third kappa shape index (κ3) is 4.67. The number of phenols is 2. The number of carbonyl (C=O) groups is 2. The third-order valence-corrected chi connectivity index (χ3v) is 3.36. The van der Waals surface area contributed by atoms with Crippen LogP contribution < -0.4 is 20.3 Å². The quantitative estimate of drug-likeness (QED) is 0.476. The molecule has 8 heteroatoms. The molecule has 0 saturated carbocycles. The molecule has 0 aliphatic carbocycles. The summed E-state index contributed by atoms with van der Waals surface area (Å²) in [5, 5.41) is 19.0. The Hall–Kier alpha value is -3.68. The molecular weight excluding hydrogens is 340 g/mol. The molecule has 2 amide bonds. The van der Waals surface area contributed by atoms with Crippen LogP contribution >= 0.6 is 0 Å². The summed E-state index contributed by atoms with van der Waals surface area (Å²) in [6.45, 7) is 0. The molecule has 0 saturated heterocycles. The van der Waals surface area contributed by atoms with Crippen molar-refractivity contribution < 1.29 is 29.3 Å². The Bertz CT molecular complexity index is 805. The largest absolute Gasteiger partial charge is 0.508 e. The summed E-state index contributed by atoms with van der Waals surface area (Å²) in [7, 11) is 2.79. The number of carbonyl (C=O) groups excluding carboxylic acids is 2. The molecule has 26 heavy (non-hydrogen) atoms. The molecule has 0 heterocycles. The van der Waals surface area contributed by atoms with E-state index in [9.17, 15) is 19.8 Å². The normalized spacial score (nSPS) is 10.4. The van der Waals surface area contributed by atoms with Gasteiger partial charge >= 0.3 is 0 Å². The lowest BCUT2D eigenvalue weighted by molar-refractivity contribution is -0.117. The summed E-state index contributed by atoms with van der Waals surface area (Å²) >= 11 is 0. The predicted molar refractivity (Wildman–Crippen MR) is 94.0 cm³/mol. The molecule has 4 N–H and O–H groups in total. The summed E-state index contributed by atoms with van der Waals surface area (Å²) in [6, 6.07) is 8.61. The molecule has 0 radical (unpaired) electrons. The topological polar surface area (TPSA) is 117 Å². The van der Waals surface area contributed by atoms with Crippen molar-refractivity contribution in [3.8, 4) is 23.0 Å². The van der Waals surface area contributed by atoms with E-state index in [2.05, 4.69) is 10.9 Å². The van der Waals surface area contributed by atoms with Crippen molar-refractivity contribution in [1.29, 1.82) is 0 Å². The lowest BCUT2D eigenvalue weighted by Gasteiger charge is -2.09. The van der Waals surface area contributed by atoms with Gasteiger partial charge in [-0.05, 0) is 48.0 Å². The van der Waals surface area contributed by atoms with E-state index in [0.29, 0.717) is 5.56 Å². The summed E-state index contributed by atoms with van der Waals surface area (Å²) in [4.78, 5) is 23.7. The van der Waals surface area contributed by atoms with Gasteiger partial charge < -0.3 is 19.7 Å². The fourth-order valence-electron chi connectivity index (χ4n) is 2.03. The van der Waals surface area contributed by atoms with Crippen molar-refractivity contribution in [3.05, 3.63) is 53.6 Å². The maximum Gasteiger partial charge on any atom is 0.269 e. The Labute approximate surface area is 149 Å². The van der Waals surface area contributed by atoms with Gasteiger partial charge in [-0.2, -0.15) is 0 Å². The second-order valence-electron chi connectivity index (χ2n) is 5.10. The monoisotopic (exact) mass is 358 g/mol. The Morgan fingerprint density at radius 3 is 2.08 bits per heavy atom. The van der Waals surface area contributed by atoms with E-state index in [1.54, 1.807) is 0 Å². The number of rotatable bonds is 5. The molecule has 0 atom stereocenters. The first-order valence-corrected chi connectivity index (χ1v) is 7.47. The summed E-state index contributed by atoms with van der Waals surface area (Å²) in [5.74, 6) is -0.802. The summed E-state index contributed by atoms with van der Waals surface area (Å²) in [5.41, 5.74) is 5.31. The SMILES string of the molecule is COc1cc(/C=C/C(=O)NNC(=O)c2ccc(O)cc2)cc(OC)c1O. The molecule has 0 unspecified atom stereocenters. The van der Waals surface area contributed by atoms with Crippen molar-refractivity contribution in [1.82, 2.24) is 10.9 Å². The molecule has 2 aromatic carbocycles. The average Bonchev–Trinajstić information content (AvgIpc) is 2.65. The van der Waals surface area contributed by atoms with Gasteiger partial charge in [-0.1, -0.05) is 0 Å². The zero-order valence-corrected chi connectivity index (χ0v) is 14.1. The van der Waals surface area contributed by atoms with E-state index in [0.717, 1.165) is 0 Å². The van der Waals surface area contributed by atoms with Crippen molar-refractivity contribution in [2.24, 2.45) is 0 Å². The molecule has 2 aromatic rings. The van der Waals surface area contributed by atoms with Crippen molar-refractivity contribution in [2.75, 3.05) is 14.2 Å². The van der Waals surface area contributed by atoms with Gasteiger partial charge in [0.25, 0.3) is 11.8 Å². The minimum absolute atomic E-state index is 0.0354. The number of aromatic hydroxyl groups is 2. The maximum absolute atomic E-state index is 11.8. The Morgan fingerprint density at radius 1 is 0.962 bits per heavy atom. The first kappa shape index (κ1) is 18.7. The van der Waals surface area contributed by atoms with E-state index in [4.69, 9.17) is 9.47 Å². The second-order valence-corrected chi connectivity index (χ2v) is 5.10. The number of hydrogen-bond donors (Lipinski definition) is 4. The number of methoxy groups -OCH3 is 2. The molecule has 0 aromatic heterocycles. The highest BCUT2D eigenvalue weighted by molar-refractivity contribution is 5.98. The van der Waals surface area contributed by atoms with Crippen LogP contribution in [0.2, 0.25) is 0 Å². The Balaban J connectivity index is 1.99. The fraction of sp³-hybridized carbons (Fsp3) is 0.111. The highest BCUT2D eigenvalue weighted by Gasteiger charge is 2.10. The fourth-order valence-corrected chi connectivity index (χ4v) is 2.03. The second kappa shape index (κ2) is 8.43. The lowest BCUT2D eigenvalue weighted by atomic mass is 10.1. The van der Waals surface area contributed by atoms with Gasteiger partial charge in [-0.25, -0.2) is 0 Å². The molecular formula is C18H18N2O6. The van der Waals surface area contributed by atoms with Gasteiger partial charge in [0, 0.05) is 11.6 Å². The third-order valence-electron chi connectivity index (χ3n) is 3.36. The maximum atomic E-state index is 11.8. The zero-order chi connectivity index (χ0) is 19.1. The van der Waals surface area contributed by atoms with Crippen molar-refractivity contribution >= 4 is 17.9 Å². The van der Waals surface area contributed by atoms with Crippen LogP contribution in [0.25, 0.3) is 6.08 Å². The number of nitrogens with one attached hydrogen (secondary N) is 2. The summed E-state index contributed by atoms with van der Waals surface area (Å²) in [6.07, 6.45) is 2.66. The number of ether oxygens (including phenoxy) is 2. The van der Waals surface area contributed by atoms with Crippen LogP contribution in [0.3, 0.4) is 0 Å².